The number of hydrogen-bond acceptors (Lipinski definition) is 4. The molecular formula is C10H7Cl2N3O3. The number of benzene rings is 1. The minimum absolute atomic E-state index is 0.0348. The van der Waals surface area contributed by atoms with Crippen LogP contribution < -0.4 is 10.4 Å². The Balaban J connectivity index is 2.27. The Morgan fingerprint density at radius 2 is 1.94 bits per heavy atom. The highest BCUT2D eigenvalue weighted by molar-refractivity contribution is 6.43. The molecule has 1 unspecified atom stereocenters. The van der Waals surface area contributed by atoms with E-state index < -0.39 is 16.2 Å². The minimum atomic E-state index is -0.916. The van der Waals surface area contributed by atoms with E-state index >= 15 is 0 Å². The van der Waals surface area contributed by atoms with Gasteiger partial charge in [-0.25, -0.2) is 0 Å². The van der Waals surface area contributed by atoms with E-state index in [4.69, 9.17) is 23.2 Å². The van der Waals surface area contributed by atoms with Crippen LogP contribution in [0.15, 0.2) is 35.5 Å². The first-order chi connectivity index (χ1) is 8.49. The number of amides is 1. The average Bonchev–Trinajstić information content (AvgIpc) is 2.35. The molecule has 0 saturated heterocycles. The van der Waals surface area contributed by atoms with Gasteiger partial charge < -0.3 is 0 Å². The summed E-state index contributed by atoms with van der Waals surface area (Å²) in [6.07, 6.45) is 1.45. The third-order valence-electron chi connectivity index (χ3n) is 2.29. The lowest BCUT2D eigenvalue weighted by molar-refractivity contribution is -0.384. The van der Waals surface area contributed by atoms with Crippen LogP contribution in [0.1, 0.15) is 0 Å². The number of nitro groups is 1. The number of anilines is 1. The zero-order chi connectivity index (χ0) is 13.3. The number of carbonyl (C=O) groups excluding carboxylic acids is 1. The molecule has 1 aromatic rings. The van der Waals surface area contributed by atoms with E-state index in [2.05, 4.69) is 5.43 Å². The molecule has 0 spiro atoms. The molecule has 94 valence electrons. The molecule has 1 aliphatic rings. The smallest absolute Gasteiger partial charge is 0.269 e. The SMILES string of the molecule is O=C1NN(c2ccc([N+](=O)[O-])cc2)C=C(Cl)C1Cl. The van der Waals surface area contributed by atoms with Gasteiger partial charge in [0.25, 0.3) is 11.6 Å². The van der Waals surface area contributed by atoms with Crippen molar-refractivity contribution in [1.29, 1.82) is 0 Å². The van der Waals surface area contributed by atoms with Crippen molar-refractivity contribution in [3.63, 3.8) is 0 Å². The number of nitro benzene ring substituents is 1. The summed E-state index contributed by atoms with van der Waals surface area (Å²) in [7, 11) is 0. The highest BCUT2D eigenvalue weighted by Gasteiger charge is 2.26. The van der Waals surface area contributed by atoms with Crippen LogP contribution in [-0.4, -0.2) is 16.2 Å². The van der Waals surface area contributed by atoms with Crippen molar-refractivity contribution in [3.8, 4) is 0 Å². The van der Waals surface area contributed by atoms with Crippen molar-refractivity contribution < 1.29 is 9.72 Å². The van der Waals surface area contributed by atoms with Crippen LogP contribution in [0.5, 0.6) is 0 Å². The van der Waals surface area contributed by atoms with Crippen molar-refractivity contribution in [1.82, 2.24) is 5.43 Å². The maximum atomic E-state index is 11.4. The van der Waals surface area contributed by atoms with Crippen LogP contribution in [0.4, 0.5) is 11.4 Å². The second-order valence-electron chi connectivity index (χ2n) is 3.50. The minimum Gasteiger partial charge on any atom is -0.271 e. The molecule has 8 heteroatoms. The quantitative estimate of drug-likeness (QED) is 0.514. The van der Waals surface area contributed by atoms with Crippen molar-refractivity contribution >= 4 is 40.5 Å². The lowest BCUT2D eigenvalue weighted by Gasteiger charge is -2.27. The molecule has 1 aromatic carbocycles. The molecule has 1 N–H and O–H groups in total. The molecule has 0 bridgehead atoms. The third-order valence-corrected chi connectivity index (χ3v) is 3.15. The van der Waals surface area contributed by atoms with Crippen LogP contribution in [0.25, 0.3) is 0 Å². The zero-order valence-electron chi connectivity index (χ0n) is 8.84. The van der Waals surface area contributed by atoms with Gasteiger partial charge in [0.05, 0.1) is 15.6 Å². The van der Waals surface area contributed by atoms with E-state index in [1.807, 2.05) is 0 Å². The molecule has 0 aliphatic carbocycles. The van der Waals surface area contributed by atoms with Crippen molar-refractivity contribution in [2.24, 2.45) is 0 Å². The molecule has 0 fully saturated rings. The van der Waals surface area contributed by atoms with Crippen LogP contribution >= 0.6 is 23.2 Å². The Hall–Kier alpha value is -1.79. The molecule has 18 heavy (non-hydrogen) atoms. The van der Waals surface area contributed by atoms with Gasteiger partial charge in [0.1, 0.15) is 0 Å². The van der Waals surface area contributed by atoms with Gasteiger partial charge in [-0.15, -0.1) is 11.6 Å². The Morgan fingerprint density at radius 3 is 2.44 bits per heavy atom. The number of hydrogen-bond donors (Lipinski definition) is 1. The molecule has 1 amide bonds. The molecule has 1 atom stereocenters. The number of non-ortho nitro benzene ring substituents is 1. The van der Waals surface area contributed by atoms with Crippen LogP contribution in [0.2, 0.25) is 0 Å². The predicted molar refractivity (Wildman–Crippen MR) is 67.3 cm³/mol. The summed E-state index contributed by atoms with van der Waals surface area (Å²) in [4.78, 5) is 21.4. The van der Waals surface area contributed by atoms with Gasteiger partial charge in [0.2, 0.25) is 0 Å². The fourth-order valence-corrected chi connectivity index (χ4v) is 1.70. The van der Waals surface area contributed by atoms with Gasteiger partial charge in [-0.05, 0) is 12.1 Å². The van der Waals surface area contributed by atoms with Crippen LogP contribution in [0.3, 0.4) is 0 Å². The maximum absolute atomic E-state index is 11.4. The molecule has 1 aliphatic heterocycles. The number of alkyl halides is 1. The largest absolute Gasteiger partial charge is 0.271 e. The van der Waals surface area contributed by atoms with E-state index in [1.54, 1.807) is 0 Å². The Labute approximate surface area is 112 Å². The van der Waals surface area contributed by atoms with Gasteiger partial charge in [0.15, 0.2) is 5.38 Å². The number of nitrogens with zero attached hydrogens (tertiary/aromatic N) is 2. The Bertz CT molecular complexity index is 530. The summed E-state index contributed by atoms with van der Waals surface area (Å²) >= 11 is 11.5. The number of hydrazine groups is 1. The second kappa shape index (κ2) is 4.83. The van der Waals surface area contributed by atoms with Crippen LogP contribution in [-0.2, 0) is 4.79 Å². The molecule has 0 aromatic heterocycles. The molecule has 0 radical (unpaired) electrons. The van der Waals surface area contributed by atoms with Crippen molar-refractivity contribution in [2.45, 2.75) is 5.38 Å². The highest BCUT2D eigenvalue weighted by Crippen LogP contribution is 2.24. The zero-order valence-corrected chi connectivity index (χ0v) is 10.4. The molecule has 0 saturated carbocycles. The van der Waals surface area contributed by atoms with Crippen molar-refractivity contribution in [3.05, 3.63) is 45.6 Å². The summed E-state index contributed by atoms with van der Waals surface area (Å²) in [6, 6.07) is 5.65. The van der Waals surface area contributed by atoms with Gasteiger partial charge in [-0.2, -0.15) is 0 Å². The van der Waals surface area contributed by atoms with E-state index in [0.29, 0.717) is 5.69 Å². The Morgan fingerprint density at radius 1 is 1.33 bits per heavy atom. The van der Waals surface area contributed by atoms with E-state index in [-0.39, 0.29) is 10.7 Å². The first-order valence-corrected chi connectivity index (χ1v) is 5.66. The Kier molecular flexibility index (Phi) is 3.40. The highest BCUT2D eigenvalue weighted by atomic mass is 35.5. The normalized spacial score (nSPS) is 19.2. The second-order valence-corrected chi connectivity index (χ2v) is 4.37. The van der Waals surface area contributed by atoms with Gasteiger partial charge >= 0.3 is 0 Å². The molecule has 1 heterocycles. The first kappa shape index (κ1) is 12.7. The van der Waals surface area contributed by atoms with Gasteiger partial charge in [0, 0.05) is 18.3 Å². The standard InChI is InChI=1S/C10H7Cl2N3O3/c11-8-5-14(13-10(16)9(8)12)6-1-3-7(4-2-6)15(17)18/h1-5,9H,(H,13,16). The van der Waals surface area contributed by atoms with E-state index in [9.17, 15) is 14.9 Å². The predicted octanol–water partition coefficient (Wildman–Crippen LogP) is 2.13. The number of carbonyl (C=O) groups is 1. The van der Waals surface area contributed by atoms with E-state index in [0.717, 1.165) is 0 Å². The first-order valence-electron chi connectivity index (χ1n) is 4.84. The van der Waals surface area contributed by atoms with Gasteiger partial charge in [-0.1, -0.05) is 11.6 Å². The molecule has 6 nitrogen and oxygen atoms in total. The lowest BCUT2D eigenvalue weighted by atomic mass is 10.2. The van der Waals surface area contributed by atoms with Crippen LogP contribution in [0, 0.1) is 10.1 Å². The summed E-state index contributed by atoms with van der Waals surface area (Å²) in [5, 5.41) is 11.1. The number of nitrogens with one attached hydrogen (secondary N) is 1. The number of rotatable bonds is 2. The maximum Gasteiger partial charge on any atom is 0.269 e. The monoisotopic (exact) mass is 287 g/mol. The van der Waals surface area contributed by atoms with E-state index in [1.165, 1.54) is 35.5 Å². The summed E-state index contributed by atoms with van der Waals surface area (Å²) in [6.45, 7) is 0. The molecular weight excluding hydrogens is 281 g/mol. The van der Waals surface area contributed by atoms with Gasteiger partial charge in [-0.3, -0.25) is 25.3 Å². The summed E-state index contributed by atoms with van der Waals surface area (Å²) < 4.78 is 0. The average molecular weight is 288 g/mol. The number of halogens is 2. The fraction of sp³-hybridized carbons (Fsp3) is 0.100. The fourth-order valence-electron chi connectivity index (χ4n) is 1.40. The topological polar surface area (TPSA) is 75.5 Å². The molecule has 2 rings (SSSR count). The lowest BCUT2D eigenvalue weighted by Crippen LogP contribution is -2.46. The third kappa shape index (κ3) is 2.39. The van der Waals surface area contributed by atoms with Crippen molar-refractivity contribution in [2.75, 3.05) is 5.01 Å². The summed E-state index contributed by atoms with van der Waals surface area (Å²) in [5.74, 6) is -0.456. The summed E-state index contributed by atoms with van der Waals surface area (Å²) in [5.41, 5.74) is 3.00.